The quantitative estimate of drug-likeness (QED) is 0.748. The molecule has 0 aliphatic carbocycles. The van der Waals surface area contributed by atoms with Crippen LogP contribution in [0, 0.1) is 5.82 Å². The van der Waals surface area contributed by atoms with E-state index in [0.29, 0.717) is 11.5 Å². The third-order valence-corrected chi connectivity index (χ3v) is 4.46. The average Bonchev–Trinajstić information content (AvgIpc) is 2.69. The molecule has 0 amide bonds. The zero-order valence-electron chi connectivity index (χ0n) is 14.3. The number of hydrogen-bond donors (Lipinski definition) is 2. The van der Waals surface area contributed by atoms with Gasteiger partial charge < -0.3 is 10.6 Å². The van der Waals surface area contributed by atoms with Crippen LogP contribution in [-0.2, 0) is 0 Å². The molecule has 3 aromatic rings. The van der Waals surface area contributed by atoms with E-state index in [1.54, 1.807) is 18.5 Å². The minimum absolute atomic E-state index is 0.272. The van der Waals surface area contributed by atoms with E-state index < -0.39 is 0 Å². The number of anilines is 2. The number of hydrogen-bond acceptors (Lipinski definition) is 5. The summed E-state index contributed by atoms with van der Waals surface area (Å²) in [5, 5.41) is 6.61. The van der Waals surface area contributed by atoms with Gasteiger partial charge in [0.05, 0.1) is 5.69 Å². The van der Waals surface area contributed by atoms with Gasteiger partial charge >= 0.3 is 0 Å². The predicted octanol–water partition coefficient (Wildman–Crippen LogP) is 3.89. The number of nitrogens with one attached hydrogen (secondary N) is 2. The molecule has 0 spiro atoms. The average molecular weight is 349 g/mol. The molecule has 1 aliphatic heterocycles. The van der Waals surface area contributed by atoms with E-state index in [4.69, 9.17) is 9.97 Å². The van der Waals surface area contributed by atoms with Crippen LogP contribution in [0.5, 0.6) is 0 Å². The Bertz CT molecular complexity index is 878. The smallest absolute Gasteiger partial charge is 0.135 e. The van der Waals surface area contributed by atoms with E-state index in [-0.39, 0.29) is 11.7 Å². The molecule has 1 saturated heterocycles. The molecular formula is C20H20FN5. The zero-order chi connectivity index (χ0) is 17.8. The van der Waals surface area contributed by atoms with Gasteiger partial charge in [-0.1, -0.05) is 6.07 Å². The van der Waals surface area contributed by atoms with E-state index >= 15 is 0 Å². The monoisotopic (exact) mass is 349 g/mol. The van der Waals surface area contributed by atoms with Crippen molar-refractivity contribution >= 4 is 11.5 Å². The largest absolute Gasteiger partial charge is 0.340 e. The molecule has 1 atom stereocenters. The summed E-state index contributed by atoms with van der Waals surface area (Å²) in [5.41, 5.74) is 2.41. The highest BCUT2D eigenvalue weighted by Gasteiger charge is 2.19. The Hall–Kier alpha value is -2.86. The van der Waals surface area contributed by atoms with Gasteiger partial charge in [0, 0.05) is 42.2 Å². The van der Waals surface area contributed by atoms with Crippen molar-refractivity contribution in [2.75, 3.05) is 18.4 Å². The SMILES string of the molecule is Fc1cccc(Nc2cc(-c3cccnc3)nc(C3CCCNC3)n2)c1. The van der Waals surface area contributed by atoms with Gasteiger partial charge in [0.1, 0.15) is 17.5 Å². The molecule has 0 saturated carbocycles. The van der Waals surface area contributed by atoms with E-state index in [2.05, 4.69) is 15.6 Å². The molecule has 26 heavy (non-hydrogen) atoms. The summed E-state index contributed by atoms with van der Waals surface area (Å²) >= 11 is 0. The van der Waals surface area contributed by atoms with Crippen LogP contribution in [-0.4, -0.2) is 28.0 Å². The molecule has 3 heterocycles. The van der Waals surface area contributed by atoms with Crippen LogP contribution in [0.3, 0.4) is 0 Å². The fourth-order valence-corrected chi connectivity index (χ4v) is 3.16. The molecule has 4 rings (SSSR count). The molecule has 6 heteroatoms. The summed E-state index contributed by atoms with van der Waals surface area (Å²) in [6.07, 6.45) is 5.69. The molecule has 5 nitrogen and oxygen atoms in total. The van der Waals surface area contributed by atoms with Gasteiger partial charge in [-0.15, -0.1) is 0 Å². The van der Waals surface area contributed by atoms with Crippen molar-refractivity contribution in [2.24, 2.45) is 0 Å². The van der Waals surface area contributed by atoms with Crippen molar-refractivity contribution in [2.45, 2.75) is 18.8 Å². The highest BCUT2D eigenvalue weighted by atomic mass is 19.1. The van der Waals surface area contributed by atoms with Gasteiger partial charge in [0.25, 0.3) is 0 Å². The van der Waals surface area contributed by atoms with Gasteiger partial charge in [-0.3, -0.25) is 4.98 Å². The molecule has 2 N–H and O–H groups in total. The van der Waals surface area contributed by atoms with Crippen molar-refractivity contribution in [1.82, 2.24) is 20.3 Å². The Morgan fingerprint density at radius 3 is 2.85 bits per heavy atom. The van der Waals surface area contributed by atoms with E-state index in [0.717, 1.165) is 43.0 Å². The molecule has 132 valence electrons. The maximum atomic E-state index is 13.5. The van der Waals surface area contributed by atoms with Crippen molar-refractivity contribution < 1.29 is 4.39 Å². The molecule has 1 aromatic carbocycles. The Morgan fingerprint density at radius 2 is 2.08 bits per heavy atom. The minimum Gasteiger partial charge on any atom is -0.340 e. The second kappa shape index (κ2) is 7.58. The van der Waals surface area contributed by atoms with E-state index in [1.165, 1.54) is 12.1 Å². The Balaban J connectivity index is 1.72. The van der Waals surface area contributed by atoms with Crippen molar-refractivity contribution in [3.05, 3.63) is 66.5 Å². The van der Waals surface area contributed by atoms with Gasteiger partial charge in [-0.25, -0.2) is 14.4 Å². The van der Waals surface area contributed by atoms with Crippen LogP contribution in [0.25, 0.3) is 11.3 Å². The number of nitrogens with zero attached hydrogens (tertiary/aromatic N) is 3. The van der Waals surface area contributed by atoms with Crippen LogP contribution in [0.15, 0.2) is 54.9 Å². The Morgan fingerprint density at radius 1 is 1.12 bits per heavy atom. The molecule has 0 bridgehead atoms. The van der Waals surface area contributed by atoms with Crippen LogP contribution < -0.4 is 10.6 Å². The van der Waals surface area contributed by atoms with Crippen LogP contribution in [0.4, 0.5) is 15.9 Å². The number of rotatable bonds is 4. The van der Waals surface area contributed by atoms with Gasteiger partial charge in [-0.2, -0.15) is 0 Å². The lowest BCUT2D eigenvalue weighted by Gasteiger charge is -2.22. The Labute approximate surface area is 151 Å². The van der Waals surface area contributed by atoms with Crippen LogP contribution >= 0.6 is 0 Å². The summed E-state index contributed by atoms with van der Waals surface area (Å²) in [4.78, 5) is 13.7. The molecule has 1 aliphatic rings. The molecule has 2 aromatic heterocycles. The fourth-order valence-electron chi connectivity index (χ4n) is 3.16. The lowest BCUT2D eigenvalue weighted by molar-refractivity contribution is 0.447. The third kappa shape index (κ3) is 3.86. The van der Waals surface area contributed by atoms with Crippen molar-refractivity contribution in [3.63, 3.8) is 0 Å². The predicted molar refractivity (Wildman–Crippen MR) is 99.8 cm³/mol. The number of pyridine rings is 1. The lowest BCUT2D eigenvalue weighted by Crippen LogP contribution is -2.29. The summed E-state index contributed by atoms with van der Waals surface area (Å²) in [7, 11) is 0. The van der Waals surface area contributed by atoms with Gasteiger partial charge in [-0.05, 0) is 49.7 Å². The first-order valence-electron chi connectivity index (χ1n) is 8.80. The molecule has 1 fully saturated rings. The third-order valence-electron chi connectivity index (χ3n) is 4.46. The Kier molecular flexibility index (Phi) is 4.84. The summed E-state index contributed by atoms with van der Waals surface area (Å²) < 4.78 is 13.5. The normalized spacial score (nSPS) is 17.0. The van der Waals surface area contributed by atoms with Crippen molar-refractivity contribution in [1.29, 1.82) is 0 Å². The van der Waals surface area contributed by atoms with Crippen LogP contribution in [0.2, 0.25) is 0 Å². The second-order valence-corrected chi connectivity index (χ2v) is 6.42. The first-order valence-corrected chi connectivity index (χ1v) is 8.80. The maximum absolute atomic E-state index is 13.5. The van der Waals surface area contributed by atoms with E-state index in [9.17, 15) is 4.39 Å². The van der Waals surface area contributed by atoms with E-state index in [1.807, 2.05) is 24.3 Å². The maximum Gasteiger partial charge on any atom is 0.135 e. The summed E-state index contributed by atoms with van der Waals surface area (Å²) in [6.45, 7) is 1.91. The van der Waals surface area contributed by atoms with Gasteiger partial charge in [0.15, 0.2) is 0 Å². The molecule has 1 unspecified atom stereocenters. The van der Waals surface area contributed by atoms with Crippen molar-refractivity contribution in [3.8, 4) is 11.3 Å². The number of piperidine rings is 1. The number of benzene rings is 1. The number of aromatic nitrogens is 3. The highest BCUT2D eigenvalue weighted by Crippen LogP contribution is 2.27. The summed E-state index contributed by atoms with van der Waals surface area (Å²) in [6, 6.07) is 12.1. The lowest BCUT2D eigenvalue weighted by atomic mass is 9.98. The zero-order valence-corrected chi connectivity index (χ0v) is 14.3. The topological polar surface area (TPSA) is 62.7 Å². The second-order valence-electron chi connectivity index (χ2n) is 6.42. The summed E-state index contributed by atoms with van der Waals surface area (Å²) in [5.74, 6) is 1.45. The number of halogens is 1. The molecule has 0 radical (unpaired) electrons. The fraction of sp³-hybridized carbons (Fsp3) is 0.250. The standard InChI is InChI=1S/C20H20FN5/c21-16-6-1-7-17(10-16)24-19-11-18(14-4-2-8-22-12-14)25-20(26-19)15-5-3-9-23-13-15/h1-2,4,6-8,10-12,15,23H,3,5,9,13H2,(H,24,25,26). The van der Waals surface area contributed by atoms with Crippen LogP contribution in [0.1, 0.15) is 24.6 Å². The molecular weight excluding hydrogens is 329 g/mol. The van der Waals surface area contributed by atoms with Gasteiger partial charge in [0.2, 0.25) is 0 Å². The first-order chi connectivity index (χ1) is 12.8. The highest BCUT2D eigenvalue weighted by molar-refractivity contribution is 5.65. The first kappa shape index (κ1) is 16.6. The minimum atomic E-state index is -0.284.